The average Bonchev–Trinajstić information content (AvgIpc) is 2.42. The van der Waals surface area contributed by atoms with E-state index in [0.29, 0.717) is 18.7 Å². The molecule has 0 saturated heterocycles. The molecule has 0 spiro atoms. The molecule has 0 heterocycles. The van der Waals surface area contributed by atoms with Crippen LogP contribution in [0.5, 0.6) is 0 Å². The number of hydrogen-bond acceptors (Lipinski definition) is 3. The second kappa shape index (κ2) is 7.46. The van der Waals surface area contributed by atoms with Crippen LogP contribution in [0.4, 0.5) is 0 Å². The molecule has 0 radical (unpaired) electrons. The Kier molecular flexibility index (Phi) is 5.89. The molecule has 1 unspecified atom stereocenters. The van der Waals surface area contributed by atoms with Crippen molar-refractivity contribution in [1.29, 1.82) is 5.26 Å². The Morgan fingerprint density at radius 3 is 2.67 bits per heavy atom. The first kappa shape index (κ1) is 14.2. The molecule has 96 valence electrons. The van der Waals surface area contributed by atoms with Crippen molar-refractivity contribution < 1.29 is 4.79 Å². The van der Waals surface area contributed by atoms with Gasteiger partial charge < -0.3 is 11.1 Å². The number of amides is 1. The maximum Gasteiger partial charge on any atom is 0.223 e. The number of rotatable bonds is 6. The molecule has 18 heavy (non-hydrogen) atoms. The van der Waals surface area contributed by atoms with Crippen LogP contribution in [0.15, 0.2) is 24.3 Å². The molecule has 1 rings (SSSR count). The van der Waals surface area contributed by atoms with Gasteiger partial charge in [-0.25, -0.2) is 0 Å². The summed E-state index contributed by atoms with van der Waals surface area (Å²) in [4.78, 5) is 11.7. The highest BCUT2D eigenvalue weighted by molar-refractivity contribution is 5.78. The molecule has 0 fully saturated rings. The van der Waals surface area contributed by atoms with Gasteiger partial charge in [-0.3, -0.25) is 4.79 Å². The summed E-state index contributed by atoms with van der Waals surface area (Å²) >= 11 is 0. The van der Waals surface area contributed by atoms with Gasteiger partial charge >= 0.3 is 0 Å². The lowest BCUT2D eigenvalue weighted by atomic mass is 10.0. The van der Waals surface area contributed by atoms with Crippen LogP contribution in [-0.2, 0) is 11.3 Å². The fourth-order valence-corrected chi connectivity index (χ4v) is 1.62. The quantitative estimate of drug-likeness (QED) is 0.798. The summed E-state index contributed by atoms with van der Waals surface area (Å²) in [5.41, 5.74) is 7.03. The topological polar surface area (TPSA) is 78.9 Å². The van der Waals surface area contributed by atoms with E-state index in [-0.39, 0.29) is 11.8 Å². The van der Waals surface area contributed by atoms with Crippen molar-refractivity contribution in [2.45, 2.75) is 26.3 Å². The predicted molar refractivity (Wildman–Crippen MR) is 70.5 cm³/mol. The molecule has 4 heteroatoms. The van der Waals surface area contributed by atoms with Crippen LogP contribution in [0.25, 0.3) is 0 Å². The first-order valence-electron chi connectivity index (χ1n) is 6.14. The van der Waals surface area contributed by atoms with Gasteiger partial charge in [-0.15, -0.1) is 0 Å². The van der Waals surface area contributed by atoms with Crippen molar-refractivity contribution in [2.75, 3.05) is 6.54 Å². The maximum atomic E-state index is 11.7. The molecule has 1 aromatic rings. The lowest BCUT2D eigenvalue weighted by Gasteiger charge is -2.11. The second-order valence-corrected chi connectivity index (χ2v) is 4.36. The Hall–Kier alpha value is -1.86. The molecule has 0 bridgehead atoms. The summed E-state index contributed by atoms with van der Waals surface area (Å²) in [6.07, 6.45) is 1.68. The molecule has 4 nitrogen and oxygen atoms in total. The zero-order chi connectivity index (χ0) is 13.4. The molecule has 1 aromatic carbocycles. The minimum atomic E-state index is -0.00747. The SMILES string of the molecule is CC(CCCN)C(=O)NCc1ccc(C#N)cc1. The molecule has 3 N–H and O–H groups in total. The van der Waals surface area contributed by atoms with Crippen LogP contribution in [-0.4, -0.2) is 12.5 Å². The van der Waals surface area contributed by atoms with Crippen molar-refractivity contribution in [1.82, 2.24) is 5.32 Å². The highest BCUT2D eigenvalue weighted by Crippen LogP contribution is 2.06. The summed E-state index contributed by atoms with van der Waals surface area (Å²) in [5.74, 6) is 0.0414. The Balaban J connectivity index is 2.39. The second-order valence-electron chi connectivity index (χ2n) is 4.36. The molecule has 0 aromatic heterocycles. The third-order valence-electron chi connectivity index (χ3n) is 2.84. The summed E-state index contributed by atoms with van der Waals surface area (Å²) in [6.45, 7) is 3.02. The van der Waals surface area contributed by atoms with Crippen LogP contribution in [0.1, 0.15) is 30.9 Å². The highest BCUT2D eigenvalue weighted by atomic mass is 16.1. The Morgan fingerprint density at radius 1 is 1.44 bits per heavy atom. The highest BCUT2D eigenvalue weighted by Gasteiger charge is 2.11. The van der Waals surface area contributed by atoms with E-state index >= 15 is 0 Å². The van der Waals surface area contributed by atoms with E-state index in [0.717, 1.165) is 18.4 Å². The van der Waals surface area contributed by atoms with E-state index in [1.165, 1.54) is 0 Å². The summed E-state index contributed by atoms with van der Waals surface area (Å²) in [5, 5.41) is 11.6. The van der Waals surface area contributed by atoms with Crippen molar-refractivity contribution in [3.8, 4) is 6.07 Å². The molecular weight excluding hydrogens is 226 g/mol. The largest absolute Gasteiger partial charge is 0.352 e. The summed E-state index contributed by atoms with van der Waals surface area (Å²) in [7, 11) is 0. The lowest BCUT2D eigenvalue weighted by Crippen LogP contribution is -2.29. The first-order valence-corrected chi connectivity index (χ1v) is 6.14. The number of benzene rings is 1. The average molecular weight is 245 g/mol. The normalized spacial score (nSPS) is 11.6. The van der Waals surface area contributed by atoms with Crippen LogP contribution in [0, 0.1) is 17.2 Å². The van der Waals surface area contributed by atoms with Crippen LogP contribution < -0.4 is 11.1 Å². The molecule has 1 amide bonds. The fraction of sp³-hybridized carbons (Fsp3) is 0.429. The van der Waals surface area contributed by atoms with Gasteiger partial charge in [-0.1, -0.05) is 19.1 Å². The molecule has 0 saturated carbocycles. The number of nitrogens with two attached hydrogens (primary N) is 1. The monoisotopic (exact) mass is 245 g/mol. The molecular formula is C14H19N3O. The van der Waals surface area contributed by atoms with Crippen LogP contribution in [0.2, 0.25) is 0 Å². The number of nitrogens with one attached hydrogen (secondary N) is 1. The van der Waals surface area contributed by atoms with Gasteiger partial charge in [0.2, 0.25) is 5.91 Å². The standard InChI is InChI=1S/C14H19N3O/c1-11(3-2-8-15)14(18)17-10-13-6-4-12(9-16)5-7-13/h4-7,11H,2-3,8,10,15H2,1H3,(H,17,18). The van der Waals surface area contributed by atoms with Gasteiger partial charge in [-0.05, 0) is 37.1 Å². The zero-order valence-corrected chi connectivity index (χ0v) is 10.6. The fourth-order valence-electron chi connectivity index (χ4n) is 1.62. The zero-order valence-electron chi connectivity index (χ0n) is 10.6. The van der Waals surface area contributed by atoms with Crippen molar-refractivity contribution in [3.63, 3.8) is 0 Å². The van der Waals surface area contributed by atoms with Crippen molar-refractivity contribution in [3.05, 3.63) is 35.4 Å². The number of carbonyl (C=O) groups excluding carboxylic acids is 1. The van der Waals surface area contributed by atoms with E-state index in [2.05, 4.69) is 11.4 Å². The minimum Gasteiger partial charge on any atom is -0.352 e. The van der Waals surface area contributed by atoms with E-state index in [4.69, 9.17) is 11.0 Å². The summed E-state index contributed by atoms with van der Waals surface area (Å²) in [6, 6.07) is 9.26. The minimum absolute atomic E-state index is 0.00747. The number of carbonyl (C=O) groups is 1. The van der Waals surface area contributed by atoms with E-state index in [9.17, 15) is 4.79 Å². The number of nitrogens with zero attached hydrogens (tertiary/aromatic N) is 1. The van der Waals surface area contributed by atoms with Crippen LogP contribution in [0.3, 0.4) is 0 Å². The van der Waals surface area contributed by atoms with Gasteiger partial charge in [0.15, 0.2) is 0 Å². The summed E-state index contributed by atoms with van der Waals surface area (Å²) < 4.78 is 0. The number of hydrogen-bond donors (Lipinski definition) is 2. The number of nitriles is 1. The first-order chi connectivity index (χ1) is 8.67. The molecule has 1 atom stereocenters. The van der Waals surface area contributed by atoms with Gasteiger partial charge in [0.25, 0.3) is 0 Å². The molecule has 0 aliphatic carbocycles. The Bertz CT molecular complexity index is 420. The van der Waals surface area contributed by atoms with Gasteiger partial charge in [-0.2, -0.15) is 5.26 Å². The van der Waals surface area contributed by atoms with Crippen molar-refractivity contribution >= 4 is 5.91 Å². The smallest absolute Gasteiger partial charge is 0.223 e. The maximum absolute atomic E-state index is 11.7. The molecule has 0 aliphatic heterocycles. The van der Waals surface area contributed by atoms with Gasteiger partial charge in [0, 0.05) is 12.5 Å². The third kappa shape index (κ3) is 4.56. The van der Waals surface area contributed by atoms with Gasteiger partial charge in [0.1, 0.15) is 0 Å². The third-order valence-corrected chi connectivity index (χ3v) is 2.84. The predicted octanol–water partition coefficient (Wildman–Crippen LogP) is 1.55. The van der Waals surface area contributed by atoms with Gasteiger partial charge in [0.05, 0.1) is 11.6 Å². The van der Waals surface area contributed by atoms with E-state index in [1.54, 1.807) is 12.1 Å². The Morgan fingerprint density at radius 2 is 2.11 bits per heavy atom. The van der Waals surface area contributed by atoms with E-state index in [1.807, 2.05) is 19.1 Å². The van der Waals surface area contributed by atoms with Crippen molar-refractivity contribution in [2.24, 2.45) is 11.7 Å². The lowest BCUT2D eigenvalue weighted by molar-refractivity contribution is -0.124. The van der Waals surface area contributed by atoms with E-state index < -0.39 is 0 Å². The Labute approximate surface area is 108 Å². The molecule has 0 aliphatic rings. The van der Waals surface area contributed by atoms with Crippen LogP contribution >= 0.6 is 0 Å².